The van der Waals surface area contributed by atoms with Crippen LogP contribution >= 0.6 is 0 Å². The Hall–Kier alpha value is -0.993. The molecule has 1 aromatic carbocycles. The maximum absolute atomic E-state index is 13.7. The predicted octanol–water partition coefficient (Wildman–Crippen LogP) is 2.73. The van der Waals surface area contributed by atoms with Crippen molar-refractivity contribution >= 4 is 13.7 Å². The Morgan fingerprint density at radius 3 is 1.37 bits per heavy atom. The maximum Gasteiger partial charge on any atom is 0.375 e. The van der Waals surface area contributed by atoms with Crippen LogP contribution < -0.4 is 5.19 Å². The van der Waals surface area contributed by atoms with Crippen molar-refractivity contribution in [3.8, 4) is 0 Å². The zero-order chi connectivity index (χ0) is 14.8. The molecule has 0 unspecified atom stereocenters. The van der Waals surface area contributed by atoms with Gasteiger partial charge in [-0.25, -0.2) is 22.0 Å². The summed E-state index contributed by atoms with van der Waals surface area (Å²) in [7, 11) is -3.70. The molecule has 2 nitrogen and oxygen atoms in total. The molecule has 0 saturated heterocycles. The highest BCUT2D eigenvalue weighted by molar-refractivity contribution is 6.80. The van der Waals surface area contributed by atoms with Gasteiger partial charge in [-0.2, -0.15) is 0 Å². The highest BCUT2D eigenvalue weighted by atomic mass is 28.4. The molecule has 0 spiro atoms. The number of halogens is 5. The highest BCUT2D eigenvalue weighted by Crippen LogP contribution is 2.21. The predicted molar refractivity (Wildman–Crippen MR) is 60.7 cm³/mol. The fourth-order valence-corrected chi connectivity index (χ4v) is 4.23. The van der Waals surface area contributed by atoms with Crippen molar-refractivity contribution in [2.24, 2.45) is 0 Å². The van der Waals surface area contributed by atoms with E-state index in [4.69, 9.17) is 8.85 Å². The van der Waals surface area contributed by atoms with Crippen molar-refractivity contribution in [3.05, 3.63) is 29.1 Å². The summed E-state index contributed by atoms with van der Waals surface area (Å²) in [5.74, 6) is -9.97. The Labute approximate surface area is 108 Å². The van der Waals surface area contributed by atoms with E-state index in [-0.39, 0.29) is 13.2 Å². The molecule has 0 aromatic heterocycles. The number of benzene rings is 1. The molecule has 0 amide bonds. The molecule has 0 bridgehead atoms. The van der Waals surface area contributed by atoms with Crippen LogP contribution in [0.15, 0.2) is 0 Å². The molecule has 1 rings (SSSR count). The molecule has 0 aliphatic carbocycles. The van der Waals surface area contributed by atoms with Crippen LogP contribution in [0.1, 0.15) is 13.8 Å². The monoisotopic (exact) mass is 300 g/mol. The van der Waals surface area contributed by atoms with Crippen LogP contribution in [0.4, 0.5) is 22.0 Å². The largest absolute Gasteiger partial charge is 0.391 e. The number of hydrogen-bond donors (Lipinski definition) is 0. The molecule has 0 fully saturated rings. The van der Waals surface area contributed by atoms with Crippen molar-refractivity contribution in [1.82, 2.24) is 0 Å². The first-order chi connectivity index (χ1) is 8.80. The summed E-state index contributed by atoms with van der Waals surface area (Å²) < 4.78 is 77.0. The Bertz CT molecular complexity index is 446. The van der Waals surface area contributed by atoms with Crippen molar-refractivity contribution in [2.75, 3.05) is 13.2 Å². The first-order valence-electron chi connectivity index (χ1n) is 5.59. The topological polar surface area (TPSA) is 18.5 Å². The van der Waals surface area contributed by atoms with Crippen LogP contribution in [-0.2, 0) is 8.85 Å². The molecule has 0 N–H and O–H groups in total. The van der Waals surface area contributed by atoms with Crippen molar-refractivity contribution in [1.29, 1.82) is 0 Å². The lowest BCUT2D eigenvalue weighted by atomic mass is 10.3. The molecular weight excluding hydrogens is 287 g/mol. The molecular formula is C11H13F5O2Si. The van der Waals surface area contributed by atoms with E-state index in [0.29, 0.717) is 0 Å². The Morgan fingerprint density at radius 1 is 0.737 bits per heavy atom. The summed E-state index contributed by atoms with van der Waals surface area (Å²) in [6.45, 7) is 4.37. The van der Waals surface area contributed by atoms with Gasteiger partial charge in [0.2, 0.25) is 5.82 Å². The van der Waals surface area contributed by atoms with E-state index in [2.05, 4.69) is 0 Å². The third-order valence-electron chi connectivity index (χ3n) is 2.50. The first kappa shape index (κ1) is 16.1. The van der Waals surface area contributed by atoms with Gasteiger partial charge in [-0.3, -0.25) is 0 Å². The SMILES string of the molecule is CCO[Si](C)(OCC)c1c(F)c(F)c(F)c(F)c1F. The quantitative estimate of drug-likeness (QED) is 0.360. The summed E-state index contributed by atoms with van der Waals surface area (Å²) in [5.41, 5.74) is 0. The summed E-state index contributed by atoms with van der Waals surface area (Å²) in [5, 5.41) is -0.993. The van der Waals surface area contributed by atoms with Gasteiger partial charge in [-0.1, -0.05) is 0 Å². The summed E-state index contributed by atoms with van der Waals surface area (Å²) in [6.07, 6.45) is 0. The van der Waals surface area contributed by atoms with Crippen molar-refractivity contribution in [2.45, 2.75) is 20.4 Å². The third kappa shape index (κ3) is 2.80. The van der Waals surface area contributed by atoms with Crippen LogP contribution in [-0.4, -0.2) is 21.8 Å². The lowest BCUT2D eigenvalue weighted by Crippen LogP contribution is -2.55. The molecule has 108 valence electrons. The van der Waals surface area contributed by atoms with E-state index >= 15 is 0 Å². The zero-order valence-electron chi connectivity index (χ0n) is 10.6. The highest BCUT2D eigenvalue weighted by Gasteiger charge is 2.43. The molecule has 0 radical (unpaired) electrons. The van der Waals surface area contributed by atoms with Crippen LogP contribution in [0.3, 0.4) is 0 Å². The average Bonchev–Trinajstić information content (AvgIpc) is 2.34. The lowest BCUT2D eigenvalue weighted by molar-refractivity contribution is 0.199. The summed E-state index contributed by atoms with van der Waals surface area (Å²) in [4.78, 5) is 0. The molecule has 0 atom stereocenters. The Morgan fingerprint density at radius 2 is 1.05 bits per heavy atom. The molecule has 0 heterocycles. The second-order valence-electron chi connectivity index (χ2n) is 3.76. The maximum atomic E-state index is 13.7. The van der Waals surface area contributed by atoms with Crippen LogP contribution in [0.5, 0.6) is 0 Å². The lowest BCUT2D eigenvalue weighted by Gasteiger charge is -2.27. The second kappa shape index (κ2) is 5.97. The molecule has 0 saturated carbocycles. The van der Waals surface area contributed by atoms with E-state index in [1.807, 2.05) is 0 Å². The third-order valence-corrected chi connectivity index (χ3v) is 5.53. The van der Waals surface area contributed by atoms with Gasteiger partial charge < -0.3 is 8.85 Å². The minimum absolute atomic E-state index is 0.0300. The van der Waals surface area contributed by atoms with E-state index in [9.17, 15) is 22.0 Å². The van der Waals surface area contributed by atoms with Crippen molar-refractivity contribution in [3.63, 3.8) is 0 Å². The fourth-order valence-electron chi connectivity index (χ4n) is 1.74. The number of hydrogen-bond acceptors (Lipinski definition) is 2. The standard InChI is InChI=1S/C11H13F5O2Si/c1-4-17-19(3,18-5-2)11-9(15)7(13)6(12)8(14)10(11)16/h4-5H2,1-3H3. The van der Waals surface area contributed by atoms with Gasteiger partial charge in [-0.15, -0.1) is 0 Å². The molecule has 8 heteroatoms. The average molecular weight is 300 g/mol. The molecule has 1 aromatic rings. The van der Waals surface area contributed by atoms with Crippen LogP contribution in [0, 0.1) is 29.1 Å². The zero-order valence-corrected chi connectivity index (χ0v) is 11.6. The van der Waals surface area contributed by atoms with Crippen LogP contribution in [0.25, 0.3) is 0 Å². The fraction of sp³-hybridized carbons (Fsp3) is 0.455. The van der Waals surface area contributed by atoms with Crippen molar-refractivity contribution < 1.29 is 30.8 Å². The summed E-state index contributed by atoms with van der Waals surface area (Å²) >= 11 is 0. The first-order valence-corrected chi connectivity index (χ1v) is 7.91. The molecule has 19 heavy (non-hydrogen) atoms. The minimum Gasteiger partial charge on any atom is -0.391 e. The smallest absolute Gasteiger partial charge is 0.375 e. The van der Waals surface area contributed by atoms with Crippen LogP contribution in [0.2, 0.25) is 6.55 Å². The van der Waals surface area contributed by atoms with Gasteiger partial charge in [-0.05, 0) is 20.4 Å². The Kier molecular flexibility index (Phi) is 5.05. The van der Waals surface area contributed by atoms with E-state index in [1.165, 1.54) is 20.4 Å². The normalized spacial score (nSPS) is 12.0. The van der Waals surface area contributed by atoms with Gasteiger partial charge in [0.05, 0.1) is 5.19 Å². The summed E-state index contributed by atoms with van der Waals surface area (Å²) in [6, 6.07) is 0. The van der Waals surface area contributed by atoms with E-state index < -0.39 is 42.8 Å². The Balaban J connectivity index is 3.55. The van der Waals surface area contributed by atoms with Gasteiger partial charge >= 0.3 is 8.56 Å². The van der Waals surface area contributed by atoms with Gasteiger partial charge in [0.1, 0.15) is 0 Å². The molecule has 0 aliphatic heterocycles. The van der Waals surface area contributed by atoms with Gasteiger partial charge in [0.25, 0.3) is 0 Å². The van der Waals surface area contributed by atoms with E-state index in [1.54, 1.807) is 0 Å². The van der Waals surface area contributed by atoms with Gasteiger partial charge in [0, 0.05) is 13.2 Å². The minimum atomic E-state index is -3.70. The molecule has 0 aliphatic rings. The van der Waals surface area contributed by atoms with Gasteiger partial charge in [0.15, 0.2) is 23.3 Å². The van der Waals surface area contributed by atoms with E-state index in [0.717, 1.165) is 0 Å². The second-order valence-corrected chi connectivity index (χ2v) is 6.73. The number of rotatable bonds is 5.